The van der Waals surface area contributed by atoms with Crippen molar-refractivity contribution < 1.29 is 0 Å². The van der Waals surface area contributed by atoms with E-state index in [0.29, 0.717) is 6.04 Å². The van der Waals surface area contributed by atoms with Crippen molar-refractivity contribution in [2.75, 3.05) is 11.9 Å². The Morgan fingerprint density at radius 3 is 2.53 bits per heavy atom. The Kier molecular flexibility index (Phi) is 4.47. The highest BCUT2D eigenvalue weighted by atomic mass is 15.1. The molecule has 0 atom stereocenters. The third-order valence-electron chi connectivity index (χ3n) is 4.25. The molecule has 1 fully saturated rings. The maximum absolute atomic E-state index is 4.08. The minimum atomic E-state index is 0.696. The molecule has 19 heavy (non-hydrogen) atoms. The maximum Gasteiger partial charge on any atom is 0.0372 e. The summed E-state index contributed by atoms with van der Waals surface area (Å²) >= 11 is 0. The molecule has 1 aliphatic rings. The van der Waals surface area contributed by atoms with Crippen LogP contribution in [0, 0.1) is 0 Å². The van der Waals surface area contributed by atoms with Crippen LogP contribution in [-0.4, -0.2) is 13.1 Å². The molecule has 102 valence electrons. The van der Waals surface area contributed by atoms with Crippen molar-refractivity contribution in [1.29, 1.82) is 0 Å². The van der Waals surface area contributed by atoms with Crippen LogP contribution in [-0.2, 0) is 0 Å². The van der Waals surface area contributed by atoms with Crippen LogP contribution in [0.5, 0.6) is 0 Å². The van der Waals surface area contributed by atoms with E-state index >= 15 is 0 Å². The largest absolute Gasteiger partial charge is 0.372 e. The molecule has 0 heterocycles. The summed E-state index contributed by atoms with van der Waals surface area (Å²) in [5, 5.41) is 0. The quantitative estimate of drug-likeness (QED) is 0.720. The number of nitrogens with zero attached hydrogens (tertiary/aromatic N) is 1. The Bertz CT molecular complexity index is 467. The second-order valence-electron chi connectivity index (χ2n) is 5.66. The Morgan fingerprint density at radius 1 is 1.26 bits per heavy atom. The Balaban J connectivity index is 2.26. The summed E-state index contributed by atoms with van der Waals surface area (Å²) in [4.78, 5) is 2.44. The monoisotopic (exact) mass is 255 g/mol. The fourth-order valence-electron chi connectivity index (χ4n) is 2.99. The predicted octanol–water partition coefficient (Wildman–Crippen LogP) is 5.13. The topological polar surface area (TPSA) is 3.24 Å². The average molecular weight is 255 g/mol. The Labute approximate surface area is 117 Å². The van der Waals surface area contributed by atoms with E-state index in [2.05, 4.69) is 50.2 Å². The summed E-state index contributed by atoms with van der Waals surface area (Å²) in [5.41, 5.74) is 4.80. The molecule has 0 bridgehead atoms. The van der Waals surface area contributed by atoms with Crippen molar-refractivity contribution in [3.8, 4) is 0 Å². The first kappa shape index (κ1) is 13.9. The van der Waals surface area contributed by atoms with Gasteiger partial charge in [0.2, 0.25) is 0 Å². The molecule has 0 radical (unpaired) electrons. The molecule has 0 spiro atoms. The highest BCUT2D eigenvalue weighted by molar-refractivity contribution is 5.74. The molecular formula is C18H25N. The molecule has 1 saturated carbocycles. The minimum absolute atomic E-state index is 0.696. The zero-order valence-electron chi connectivity index (χ0n) is 12.3. The molecule has 0 aliphatic heterocycles. The van der Waals surface area contributed by atoms with E-state index in [1.165, 1.54) is 48.9 Å². The van der Waals surface area contributed by atoms with Gasteiger partial charge in [-0.1, -0.05) is 50.1 Å². The molecule has 0 N–H and O–H groups in total. The number of anilines is 1. The van der Waals surface area contributed by atoms with Gasteiger partial charge >= 0.3 is 0 Å². The van der Waals surface area contributed by atoms with E-state index in [1.54, 1.807) is 0 Å². The van der Waals surface area contributed by atoms with E-state index < -0.39 is 0 Å². The van der Waals surface area contributed by atoms with Crippen LogP contribution >= 0.6 is 0 Å². The van der Waals surface area contributed by atoms with Gasteiger partial charge in [-0.2, -0.15) is 0 Å². The van der Waals surface area contributed by atoms with E-state index in [-0.39, 0.29) is 0 Å². The molecule has 0 amide bonds. The summed E-state index contributed by atoms with van der Waals surface area (Å²) < 4.78 is 0. The normalized spacial score (nSPS) is 16.1. The minimum Gasteiger partial charge on any atom is -0.372 e. The third-order valence-corrected chi connectivity index (χ3v) is 4.25. The Morgan fingerprint density at radius 2 is 1.95 bits per heavy atom. The summed E-state index contributed by atoms with van der Waals surface area (Å²) in [6.45, 7) is 10.0. The summed E-state index contributed by atoms with van der Waals surface area (Å²) in [5.74, 6) is 0. The maximum atomic E-state index is 4.08. The number of allylic oxidation sites excluding steroid dienone is 1. The molecule has 1 aromatic rings. The fraction of sp³-hybridized carbons (Fsp3) is 0.444. The van der Waals surface area contributed by atoms with Crippen LogP contribution in [0.4, 0.5) is 5.69 Å². The molecule has 2 rings (SSSR count). The van der Waals surface area contributed by atoms with Crippen LogP contribution in [0.15, 0.2) is 31.4 Å². The van der Waals surface area contributed by atoms with Crippen molar-refractivity contribution in [3.05, 3.63) is 42.5 Å². The van der Waals surface area contributed by atoms with E-state index in [0.717, 1.165) is 5.57 Å². The van der Waals surface area contributed by atoms with Crippen molar-refractivity contribution in [2.24, 2.45) is 0 Å². The lowest BCUT2D eigenvalue weighted by atomic mass is 9.93. The second-order valence-corrected chi connectivity index (χ2v) is 5.66. The third kappa shape index (κ3) is 3.09. The summed E-state index contributed by atoms with van der Waals surface area (Å²) in [6, 6.07) is 7.32. The first-order valence-corrected chi connectivity index (χ1v) is 7.28. The second kappa shape index (κ2) is 6.10. The first-order chi connectivity index (χ1) is 9.13. The molecule has 0 unspecified atom stereocenters. The summed E-state index contributed by atoms with van der Waals surface area (Å²) in [6.07, 6.45) is 8.69. The SMILES string of the molecule is C=Cc1ccc(N(C)C2CCCCC2)cc1C(=C)C. The lowest BCUT2D eigenvalue weighted by molar-refractivity contribution is 0.427. The van der Waals surface area contributed by atoms with Gasteiger partial charge in [-0.05, 0) is 43.0 Å². The predicted molar refractivity (Wildman–Crippen MR) is 86.5 cm³/mol. The van der Waals surface area contributed by atoms with Gasteiger partial charge in [0, 0.05) is 18.8 Å². The van der Waals surface area contributed by atoms with E-state index in [4.69, 9.17) is 0 Å². The van der Waals surface area contributed by atoms with Crippen LogP contribution in [0.3, 0.4) is 0 Å². The molecule has 1 aliphatic carbocycles. The highest BCUT2D eigenvalue weighted by Crippen LogP contribution is 2.29. The van der Waals surface area contributed by atoms with Gasteiger partial charge in [-0.3, -0.25) is 0 Å². The van der Waals surface area contributed by atoms with Gasteiger partial charge in [0.25, 0.3) is 0 Å². The van der Waals surface area contributed by atoms with E-state index in [1.807, 2.05) is 6.08 Å². The van der Waals surface area contributed by atoms with Gasteiger partial charge in [-0.15, -0.1) is 0 Å². The van der Waals surface area contributed by atoms with Crippen LogP contribution < -0.4 is 4.90 Å². The van der Waals surface area contributed by atoms with Gasteiger partial charge in [0.05, 0.1) is 0 Å². The Hall–Kier alpha value is -1.50. The first-order valence-electron chi connectivity index (χ1n) is 7.28. The lowest BCUT2D eigenvalue weighted by Gasteiger charge is -2.33. The van der Waals surface area contributed by atoms with Crippen LogP contribution in [0.2, 0.25) is 0 Å². The molecule has 1 aromatic carbocycles. The van der Waals surface area contributed by atoms with Crippen LogP contribution in [0.25, 0.3) is 11.6 Å². The van der Waals surface area contributed by atoms with Crippen molar-refractivity contribution in [1.82, 2.24) is 0 Å². The molecule has 0 saturated heterocycles. The lowest BCUT2D eigenvalue weighted by Crippen LogP contribution is -2.33. The number of rotatable bonds is 4. The molecular weight excluding hydrogens is 230 g/mol. The highest BCUT2D eigenvalue weighted by Gasteiger charge is 2.18. The standard InChI is InChI=1S/C18H25N/c1-5-15-11-12-17(13-18(15)14(2)3)19(4)16-9-7-6-8-10-16/h5,11-13,16H,1-2,6-10H2,3-4H3. The van der Waals surface area contributed by atoms with Crippen LogP contribution in [0.1, 0.15) is 50.2 Å². The van der Waals surface area contributed by atoms with Gasteiger partial charge in [-0.25, -0.2) is 0 Å². The smallest absolute Gasteiger partial charge is 0.0372 e. The van der Waals surface area contributed by atoms with Crippen molar-refractivity contribution >= 4 is 17.3 Å². The fourth-order valence-corrected chi connectivity index (χ4v) is 2.99. The number of hydrogen-bond donors (Lipinski definition) is 0. The molecule has 1 heteroatoms. The summed E-state index contributed by atoms with van der Waals surface area (Å²) in [7, 11) is 2.22. The van der Waals surface area contributed by atoms with Gasteiger partial charge in [0.1, 0.15) is 0 Å². The van der Waals surface area contributed by atoms with Gasteiger partial charge < -0.3 is 4.90 Å². The molecule has 0 aromatic heterocycles. The van der Waals surface area contributed by atoms with Crippen molar-refractivity contribution in [2.45, 2.75) is 45.1 Å². The average Bonchev–Trinajstić information content (AvgIpc) is 2.46. The zero-order valence-corrected chi connectivity index (χ0v) is 12.3. The van der Waals surface area contributed by atoms with Gasteiger partial charge in [0.15, 0.2) is 0 Å². The van der Waals surface area contributed by atoms with E-state index in [9.17, 15) is 0 Å². The number of hydrogen-bond acceptors (Lipinski definition) is 1. The van der Waals surface area contributed by atoms with Crippen molar-refractivity contribution in [3.63, 3.8) is 0 Å². The zero-order chi connectivity index (χ0) is 13.8. The molecule has 1 nitrogen and oxygen atoms in total. The number of benzene rings is 1.